The molecule has 2 bridgehead atoms. The van der Waals surface area contributed by atoms with E-state index in [0.717, 1.165) is 40.7 Å². The van der Waals surface area contributed by atoms with Gasteiger partial charge >= 0.3 is 0 Å². The van der Waals surface area contributed by atoms with E-state index in [0.29, 0.717) is 24.1 Å². The Bertz CT molecular complexity index is 1170. The second kappa shape index (κ2) is 7.38. The predicted molar refractivity (Wildman–Crippen MR) is 116 cm³/mol. The Kier molecular flexibility index (Phi) is 4.37. The monoisotopic (exact) mass is 416 g/mol. The SMILES string of the molecule is CN(c1ncc(-c2ccc(-n3ccnn3)c3[nH]ncc23)nn1)C1C[C@@H]2CCC[C@@H](C1)N2. The average molecular weight is 416 g/mol. The first-order valence-electron chi connectivity index (χ1n) is 10.8. The van der Waals surface area contributed by atoms with Gasteiger partial charge in [0.05, 0.1) is 36.0 Å². The summed E-state index contributed by atoms with van der Waals surface area (Å²) in [6.07, 6.45) is 13.2. The van der Waals surface area contributed by atoms with Crippen molar-refractivity contribution in [3.63, 3.8) is 0 Å². The number of rotatable bonds is 4. The van der Waals surface area contributed by atoms with Crippen LogP contribution < -0.4 is 10.2 Å². The summed E-state index contributed by atoms with van der Waals surface area (Å²) in [5.74, 6) is 0.677. The van der Waals surface area contributed by atoms with Crippen LogP contribution in [0.2, 0.25) is 0 Å². The smallest absolute Gasteiger partial charge is 0.245 e. The molecule has 0 unspecified atom stereocenters. The van der Waals surface area contributed by atoms with Crippen LogP contribution in [0.15, 0.2) is 36.9 Å². The predicted octanol–water partition coefficient (Wildman–Crippen LogP) is 2.10. The number of aromatic amines is 1. The van der Waals surface area contributed by atoms with Crippen LogP contribution in [0.3, 0.4) is 0 Å². The van der Waals surface area contributed by atoms with E-state index in [9.17, 15) is 0 Å². The van der Waals surface area contributed by atoms with Crippen molar-refractivity contribution in [3.05, 3.63) is 36.9 Å². The fourth-order valence-corrected chi connectivity index (χ4v) is 5.04. The quantitative estimate of drug-likeness (QED) is 0.520. The molecule has 31 heavy (non-hydrogen) atoms. The van der Waals surface area contributed by atoms with Crippen molar-refractivity contribution >= 4 is 16.9 Å². The summed E-state index contributed by atoms with van der Waals surface area (Å²) < 4.78 is 1.71. The molecule has 10 heteroatoms. The van der Waals surface area contributed by atoms with Crippen LogP contribution in [0.5, 0.6) is 0 Å². The summed E-state index contributed by atoms with van der Waals surface area (Å²) in [6, 6.07) is 5.65. The number of benzene rings is 1. The van der Waals surface area contributed by atoms with Gasteiger partial charge in [-0.05, 0) is 37.8 Å². The molecule has 2 atom stereocenters. The molecule has 2 fully saturated rings. The van der Waals surface area contributed by atoms with Gasteiger partial charge in [0.25, 0.3) is 0 Å². The highest BCUT2D eigenvalue weighted by molar-refractivity contribution is 5.97. The third-order valence-corrected chi connectivity index (χ3v) is 6.64. The van der Waals surface area contributed by atoms with E-state index in [1.165, 1.54) is 19.3 Å². The van der Waals surface area contributed by atoms with E-state index in [4.69, 9.17) is 0 Å². The molecule has 0 aliphatic carbocycles. The number of aromatic nitrogens is 8. The second-order valence-corrected chi connectivity index (χ2v) is 8.51. The van der Waals surface area contributed by atoms with Gasteiger partial charge in [-0.25, -0.2) is 9.67 Å². The maximum atomic E-state index is 4.66. The van der Waals surface area contributed by atoms with Crippen molar-refractivity contribution in [2.75, 3.05) is 11.9 Å². The lowest BCUT2D eigenvalue weighted by molar-refractivity contribution is 0.218. The Morgan fingerprint density at radius 3 is 2.71 bits per heavy atom. The van der Waals surface area contributed by atoms with Gasteiger partial charge in [-0.1, -0.05) is 11.6 Å². The lowest BCUT2D eigenvalue weighted by Gasteiger charge is -2.43. The van der Waals surface area contributed by atoms with Crippen molar-refractivity contribution in [1.82, 2.24) is 45.7 Å². The fourth-order valence-electron chi connectivity index (χ4n) is 5.04. The van der Waals surface area contributed by atoms with Crippen LogP contribution in [-0.4, -0.2) is 65.5 Å². The third-order valence-electron chi connectivity index (χ3n) is 6.64. The minimum Gasteiger partial charge on any atom is -0.339 e. The van der Waals surface area contributed by atoms with Gasteiger partial charge in [-0.2, -0.15) is 5.10 Å². The van der Waals surface area contributed by atoms with Crippen LogP contribution in [0.25, 0.3) is 27.8 Å². The molecule has 2 aliphatic rings. The van der Waals surface area contributed by atoms with Gasteiger partial charge in [0, 0.05) is 36.1 Å². The lowest BCUT2D eigenvalue weighted by atomic mass is 9.83. The Hall–Kier alpha value is -3.40. The minimum atomic E-state index is 0.451. The first kappa shape index (κ1) is 18.4. The molecule has 4 aromatic rings. The molecule has 0 spiro atoms. The topological polar surface area (TPSA) is 113 Å². The molecule has 0 radical (unpaired) electrons. The molecule has 6 rings (SSSR count). The number of hydrogen-bond donors (Lipinski definition) is 2. The van der Waals surface area contributed by atoms with E-state index >= 15 is 0 Å². The van der Waals surface area contributed by atoms with E-state index in [1.807, 2.05) is 12.1 Å². The summed E-state index contributed by atoms with van der Waals surface area (Å²) in [7, 11) is 2.09. The van der Waals surface area contributed by atoms with Crippen LogP contribution in [0.4, 0.5) is 5.95 Å². The zero-order valence-electron chi connectivity index (χ0n) is 17.3. The molecule has 1 aromatic carbocycles. The molecule has 5 heterocycles. The number of anilines is 1. The molecule has 0 saturated carbocycles. The summed E-state index contributed by atoms with van der Waals surface area (Å²) in [6.45, 7) is 0. The zero-order valence-corrected chi connectivity index (χ0v) is 17.3. The molecule has 2 aliphatic heterocycles. The Balaban J connectivity index is 1.28. The minimum absolute atomic E-state index is 0.451. The van der Waals surface area contributed by atoms with Crippen LogP contribution in [0, 0.1) is 0 Å². The number of fused-ring (bicyclic) bond motifs is 3. The summed E-state index contributed by atoms with van der Waals surface area (Å²) in [4.78, 5) is 6.86. The van der Waals surface area contributed by atoms with E-state index in [1.54, 1.807) is 29.5 Å². The number of nitrogens with zero attached hydrogens (tertiary/aromatic N) is 8. The average Bonchev–Trinajstić information content (AvgIpc) is 3.50. The van der Waals surface area contributed by atoms with Crippen LogP contribution in [-0.2, 0) is 0 Å². The van der Waals surface area contributed by atoms with Crippen molar-refractivity contribution in [2.24, 2.45) is 0 Å². The third kappa shape index (κ3) is 3.23. The highest BCUT2D eigenvalue weighted by Gasteiger charge is 2.33. The van der Waals surface area contributed by atoms with Crippen molar-refractivity contribution < 1.29 is 0 Å². The summed E-state index contributed by atoms with van der Waals surface area (Å²) in [5, 5.41) is 28.9. The van der Waals surface area contributed by atoms with Crippen LogP contribution in [0.1, 0.15) is 32.1 Å². The standard InChI is InChI=1S/C21H24N10/c1-30(15-9-13-3-2-4-14(10-15)25-13)21-22-12-18(26-28-21)16-5-6-19(31-8-7-23-29-31)20-17(16)11-24-27-20/h5-8,11-15,25H,2-4,9-10H2,1H3,(H,24,27)/t13-,14-/m0/s1. The first-order chi connectivity index (χ1) is 15.3. The van der Waals surface area contributed by atoms with Crippen molar-refractivity contribution in [2.45, 2.75) is 50.2 Å². The Morgan fingerprint density at radius 1 is 1.10 bits per heavy atom. The first-order valence-corrected chi connectivity index (χ1v) is 10.8. The lowest BCUT2D eigenvalue weighted by Crippen LogP contribution is -2.54. The van der Waals surface area contributed by atoms with Gasteiger partial charge < -0.3 is 10.2 Å². The van der Waals surface area contributed by atoms with Crippen LogP contribution >= 0.6 is 0 Å². The molecular formula is C21H24N10. The largest absolute Gasteiger partial charge is 0.339 e. The molecule has 2 N–H and O–H groups in total. The zero-order chi connectivity index (χ0) is 20.8. The molecular weight excluding hydrogens is 392 g/mol. The van der Waals surface area contributed by atoms with Gasteiger partial charge in [-0.15, -0.1) is 15.3 Å². The van der Waals surface area contributed by atoms with Crippen molar-refractivity contribution in [1.29, 1.82) is 0 Å². The molecule has 10 nitrogen and oxygen atoms in total. The maximum Gasteiger partial charge on any atom is 0.245 e. The highest BCUT2D eigenvalue weighted by Crippen LogP contribution is 2.31. The molecule has 0 amide bonds. The molecule has 158 valence electrons. The molecule has 3 aromatic heterocycles. The molecule has 2 saturated heterocycles. The second-order valence-electron chi connectivity index (χ2n) is 8.51. The van der Waals surface area contributed by atoms with Gasteiger partial charge in [0.1, 0.15) is 5.69 Å². The number of piperidine rings is 2. The van der Waals surface area contributed by atoms with E-state index in [-0.39, 0.29) is 0 Å². The number of hydrogen-bond acceptors (Lipinski definition) is 8. The maximum absolute atomic E-state index is 4.66. The van der Waals surface area contributed by atoms with Gasteiger partial charge in [0.15, 0.2) is 0 Å². The van der Waals surface area contributed by atoms with Gasteiger partial charge in [-0.3, -0.25) is 5.10 Å². The van der Waals surface area contributed by atoms with Gasteiger partial charge in [0.2, 0.25) is 5.95 Å². The normalized spacial score (nSPS) is 23.2. The highest BCUT2D eigenvalue weighted by atomic mass is 15.4. The fraction of sp³-hybridized carbons (Fsp3) is 0.429. The Labute approximate surface area is 179 Å². The summed E-state index contributed by atoms with van der Waals surface area (Å²) in [5.41, 5.74) is 3.39. The number of H-pyrrole nitrogens is 1. The number of nitrogens with one attached hydrogen (secondary N) is 2. The van der Waals surface area contributed by atoms with Crippen molar-refractivity contribution in [3.8, 4) is 16.9 Å². The Morgan fingerprint density at radius 2 is 1.97 bits per heavy atom. The van der Waals surface area contributed by atoms with E-state index < -0.39 is 0 Å². The summed E-state index contributed by atoms with van der Waals surface area (Å²) >= 11 is 0. The van der Waals surface area contributed by atoms with E-state index in [2.05, 4.69) is 53.0 Å².